The van der Waals surface area contributed by atoms with Crippen molar-refractivity contribution < 1.29 is 9.90 Å². The van der Waals surface area contributed by atoms with Crippen molar-refractivity contribution in [1.82, 2.24) is 5.32 Å². The van der Waals surface area contributed by atoms with E-state index in [0.717, 1.165) is 32.1 Å². The lowest BCUT2D eigenvalue weighted by atomic mass is 10.0. The summed E-state index contributed by atoms with van der Waals surface area (Å²) in [4.78, 5) is 11.8. The number of rotatable bonds is 6. The molecule has 3 atom stereocenters. The highest BCUT2D eigenvalue weighted by atomic mass is 16.3. The quantitative estimate of drug-likeness (QED) is 0.624. The van der Waals surface area contributed by atoms with Crippen LogP contribution in [0.15, 0.2) is 0 Å². The molecule has 0 aromatic heterocycles. The highest BCUT2D eigenvalue weighted by Gasteiger charge is 2.30. The lowest BCUT2D eigenvalue weighted by molar-refractivity contribution is -0.125. The molecule has 4 N–H and O–H groups in total. The minimum absolute atomic E-state index is 0.00614. The van der Waals surface area contributed by atoms with Gasteiger partial charge >= 0.3 is 0 Å². The summed E-state index contributed by atoms with van der Waals surface area (Å²) in [5.41, 5.74) is 5.88. The van der Waals surface area contributed by atoms with E-state index in [9.17, 15) is 4.79 Å². The number of aliphatic hydroxyl groups is 1. The summed E-state index contributed by atoms with van der Waals surface area (Å²) >= 11 is 0. The second kappa shape index (κ2) is 6.86. The Hall–Kier alpha value is -0.610. The predicted octanol–water partition coefficient (Wildman–Crippen LogP) is 0.639. The van der Waals surface area contributed by atoms with Gasteiger partial charge in [-0.1, -0.05) is 19.8 Å². The molecule has 1 aliphatic carbocycles. The van der Waals surface area contributed by atoms with Crippen LogP contribution in [0.25, 0.3) is 0 Å². The molecule has 0 radical (unpaired) electrons. The van der Waals surface area contributed by atoms with Crippen molar-refractivity contribution in [2.75, 3.05) is 13.2 Å². The van der Waals surface area contributed by atoms with Crippen LogP contribution in [-0.2, 0) is 4.79 Å². The molecular weight excluding hydrogens is 204 g/mol. The molecule has 16 heavy (non-hydrogen) atoms. The van der Waals surface area contributed by atoms with E-state index in [2.05, 4.69) is 12.2 Å². The summed E-state index contributed by atoms with van der Waals surface area (Å²) in [6.07, 6.45) is 4.69. The standard InChI is InChI=1S/C12H24N2O2/c1-2-9(6-7-15)8-14-12(16)10-4-3-5-11(10)13/h9-11,15H,2-8,13H2,1H3,(H,14,16). The minimum Gasteiger partial charge on any atom is -0.396 e. The fraction of sp³-hybridized carbons (Fsp3) is 0.917. The number of hydrogen-bond acceptors (Lipinski definition) is 3. The Morgan fingerprint density at radius 1 is 1.56 bits per heavy atom. The van der Waals surface area contributed by atoms with Gasteiger partial charge < -0.3 is 16.2 Å². The topological polar surface area (TPSA) is 75.3 Å². The van der Waals surface area contributed by atoms with Crippen LogP contribution in [0.4, 0.5) is 0 Å². The van der Waals surface area contributed by atoms with Crippen LogP contribution in [-0.4, -0.2) is 30.2 Å². The van der Waals surface area contributed by atoms with E-state index < -0.39 is 0 Å². The molecule has 0 aliphatic heterocycles. The van der Waals surface area contributed by atoms with E-state index in [1.165, 1.54) is 0 Å². The van der Waals surface area contributed by atoms with Gasteiger partial charge in [0.15, 0.2) is 0 Å². The fourth-order valence-corrected chi connectivity index (χ4v) is 2.32. The van der Waals surface area contributed by atoms with Gasteiger partial charge in [0.2, 0.25) is 5.91 Å². The molecule has 0 saturated heterocycles. The Balaban J connectivity index is 2.28. The SMILES string of the molecule is CCC(CCO)CNC(=O)C1CCCC1N. The van der Waals surface area contributed by atoms with E-state index >= 15 is 0 Å². The van der Waals surface area contributed by atoms with Gasteiger partial charge in [-0.05, 0) is 25.2 Å². The van der Waals surface area contributed by atoms with Crippen LogP contribution in [0, 0.1) is 11.8 Å². The van der Waals surface area contributed by atoms with Gasteiger partial charge in [-0.3, -0.25) is 4.79 Å². The summed E-state index contributed by atoms with van der Waals surface area (Å²) in [5.74, 6) is 0.486. The first-order valence-corrected chi connectivity index (χ1v) is 6.33. The van der Waals surface area contributed by atoms with Crippen LogP contribution in [0.3, 0.4) is 0 Å². The van der Waals surface area contributed by atoms with Crippen molar-refractivity contribution in [2.45, 2.75) is 45.1 Å². The zero-order chi connectivity index (χ0) is 12.0. The van der Waals surface area contributed by atoms with Crippen LogP contribution in [0.1, 0.15) is 39.0 Å². The van der Waals surface area contributed by atoms with Crippen LogP contribution in [0.2, 0.25) is 0 Å². The lowest BCUT2D eigenvalue weighted by Crippen LogP contribution is -2.40. The summed E-state index contributed by atoms with van der Waals surface area (Å²) in [6.45, 7) is 2.93. The first-order chi connectivity index (χ1) is 7.69. The Morgan fingerprint density at radius 2 is 2.31 bits per heavy atom. The average molecular weight is 228 g/mol. The summed E-state index contributed by atoms with van der Waals surface area (Å²) in [6, 6.07) is 0.0397. The van der Waals surface area contributed by atoms with Gasteiger partial charge in [0.05, 0.1) is 5.92 Å². The van der Waals surface area contributed by atoms with Crippen molar-refractivity contribution in [3.8, 4) is 0 Å². The molecule has 1 amide bonds. The first kappa shape index (κ1) is 13.5. The first-order valence-electron chi connectivity index (χ1n) is 6.33. The van der Waals surface area contributed by atoms with Crippen LogP contribution >= 0.6 is 0 Å². The maximum absolute atomic E-state index is 11.8. The van der Waals surface area contributed by atoms with Crippen molar-refractivity contribution >= 4 is 5.91 Å². The highest BCUT2D eigenvalue weighted by Crippen LogP contribution is 2.24. The molecule has 1 fully saturated rings. The number of carbonyl (C=O) groups excluding carboxylic acids is 1. The summed E-state index contributed by atoms with van der Waals surface area (Å²) < 4.78 is 0. The van der Waals surface area contributed by atoms with Crippen LogP contribution in [0.5, 0.6) is 0 Å². The Labute approximate surface area is 97.6 Å². The third-order valence-corrected chi connectivity index (χ3v) is 3.59. The number of nitrogens with one attached hydrogen (secondary N) is 1. The molecule has 0 heterocycles. The molecule has 1 saturated carbocycles. The van der Waals surface area contributed by atoms with Crippen molar-refractivity contribution in [1.29, 1.82) is 0 Å². The molecule has 3 unspecified atom stereocenters. The number of hydrogen-bond donors (Lipinski definition) is 3. The second-order valence-corrected chi connectivity index (χ2v) is 4.73. The molecule has 0 bridgehead atoms. The Morgan fingerprint density at radius 3 is 2.81 bits per heavy atom. The smallest absolute Gasteiger partial charge is 0.224 e. The number of carbonyl (C=O) groups is 1. The number of amides is 1. The van der Waals surface area contributed by atoms with Gasteiger partial charge in [0, 0.05) is 19.2 Å². The van der Waals surface area contributed by atoms with E-state index in [-0.39, 0.29) is 24.5 Å². The van der Waals surface area contributed by atoms with E-state index in [4.69, 9.17) is 10.8 Å². The molecule has 1 rings (SSSR count). The van der Waals surface area contributed by atoms with Crippen molar-refractivity contribution in [2.24, 2.45) is 17.6 Å². The maximum Gasteiger partial charge on any atom is 0.224 e. The third-order valence-electron chi connectivity index (χ3n) is 3.59. The maximum atomic E-state index is 11.8. The monoisotopic (exact) mass is 228 g/mol. The highest BCUT2D eigenvalue weighted by molar-refractivity contribution is 5.79. The molecule has 4 heteroatoms. The predicted molar refractivity (Wildman–Crippen MR) is 63.8 cm³/mol. The van der Waals surface area contributed by atoms with E-state index in [1.54, 1.807) is 0 Å². The number of aliphatic hydroxyl groups excluding tert-OH is 1. The third kappa shape index (κ3) is 3.76. The van der Waals surface area contributed by atoms with E-state index in [0.29, 0.717) is 12.5 Å². The van der Waals surface area contributed by atoms with Gasteiger partial charge in [-0.25, -0.2) is 0 Å². The summed E-state index contributed by atoms with van der Waals surface area (Å²) in [5, 5.41) is 11.8. The van der Waals surface area contributed by atoms with Gasteiger partial charge in [0.1, 0.15) is 0 Å². The Kier molecular flexibility index (Phi) is 5.77. The summed E-state index contributed by atoms with van der Waals surface area (Å²) in [7, 11) is 0. The van der Waals surface area contributed by atoms with Gasteiger partial charge in [-0.2, -0.15) is 0 Å². The van der Waals surface area contributed by atoms with Crippen LogP contribution < -0.4 is 11.1 Å². The molecule has 0 aromatic carbocycles. The zero-order valence-electron chi connectivity index (χ0n) is 10.1. The van der Waals surface area contributed by atoms with Crippen molar-refractivity contribution in [3.05, 3.63) is 0 Å². The zero-order valence-corrected chi connectivity index (χ0v) is 10.1. The molecule has 94 valence electrons. The second-order valence-electron chi connectivity index (χ2n) is 4.73. The number of nitrogens with two attached hydrogens (primary N) is 1. The van der Waals surface area contributed by atoms with Gasteiger partial charge in [0.25, 0.3) is 0 Å². The average Bonchev–Trinajstić information content (AvgIpc) is 2.70. The lowest BCUT2D eigenvalue weighted by Gasteiger charge is -2.18. The van der Waals surface area contributed by atoms with E-state index in [1.807, 2.05) is 0 Å². The molecule has 4 nitrogen and oxygen atoms in total. The minimum atomic E-state index is 0.00614. The molecule has 1 aliphatic rings. The molecular formula is C12H24N2O2. The van der Waals surface area contributed by atoms with Crippen molar-refractivity contribution in [3.63, 3.8) is 0 Å². The molecule has 0 spiro atoms. The largest absolute Gasteiger partial charge is 0.396 e. The van der Waals surface area contributed by atoms with Gasteiger partial charge in [-0.15, -0.1) is 0 Å². The normalized spacial score (nSPS) is 26.7. The Bertz CT molecular complexity index is 221. The molecule has 0 aromatic rings. The fourth-order valence-electron chi connectivity index (χ4n) is 2.32.